The maximum absolute atomic E-state index is 12.6. The van der Waals surface area contributed by atoms with Crippen LogP contribution in [0.25, 0.3) is 11.1 Å². The maximum Gasteiger partial charge on any atom is 0.342 e. The van der Waals surface area contributed by atoms with Gasteiger partial charge in [-0.25, -0.2) is 4.79 Å². The maximum atomic E-state index is 12.6. The average molecular weight is 372 g/mol. The Labute approximate surface area is 155 Å². The zero-order chi connectivity index (χ0) is 18.5. The highest BCUT2D eigenvalue weighted by molar-refractivity contribution is 7.15. The molecule has 2 aromatic rings. The van der Waals surface area contributed by atoms with E-state index in [4.69, 9.17) is 4.74 Å². The predicted octanol–water partition coefficient (Wildman–Crippen LogP) is 3.06. The first kappa shape index (κ1) is 18.1. The normalized spacial score (nSPS) is 13.1. The first-order valence-electron chi connectivity index (χ1n) is 8.51. The molecule has 0 atom stereocenters. The van der Waals surface area contributed by atoms with E-state index in [1.807, 2.05) is 35.7 Å². The van der Waals surface area contributed by atoms with Crippen LogP contribution in [0.5, 0.6) is 0 Å². The van der Waals surface area contributed by atoms with Gasteiger partial charge in [0.2, 0.25) is 5.91 Å². The third kappa shape index (κ3) is 4.29. The fourth-order valence-electron chi connectivity index (χ4n) is 2.49. The van der Waals surface area contributed by atoms with Crippen LogP contribution in [-0.4, -0.2) is 30.9 Å². The van der Waals surface area contributed by atoms with Crippen molar-refractivity contribution in [2.45, 2.75) is 19.8 Å². The second-order valence-electron chi connectivity index (χ2n) is 6.01. The molecule has 1 fully saturated rings. The van der Waals surface area contributed by atoms with Crippen molar-refractivity contribution in [3.05, 3.63) is 41.3 Å². The van der Waals surface area contributed by atoms with Crippen molar-refractivity contribution in [3.8, 4) is 11.1 Å². The molecule has 2 amide bonds. The molecule has 136 valence electrons. The number of anilines is 1. The van der Waals surface area contributed by atoms with Crippen molar-refractivity contribution in [3.63, 3.8) is 0 Å². The summed E-state index contributed by atoms with van der Waals surface area (Å²) in [6.45, 7) is 1.90. The Morgan fingerprint density at radius 1 is 1.19 bits per heavy atom. The lowest BCUT2D eigenvalue weighted by atomic mass is 10.0. The minimum Gasteiger partial charge on any atom is -0.452 e. The van der Waals surface area contributed by atoms with Crippen molar-refractivity contribution in [2.24, 2.45) is 5.92 Å². The third-order valence-corrected chi connectivity index (χ3v) is 4.87. The molecule has 0 aliphatic heterocycles. The second kappa shape index (κ2) is 8.14. The molecule has 0 unspecified atom stereocenters. The summed E-state index contributed by atoms with van der Waals surface area (Å²) in [4.78, 5) is 36.4. The number of ether oxygens (including phenoxy) is 1. The minimum atomic E-state index is -0.623. The van der Waals surface area contributed by atoms with E-state index in [1.54, 1.807) is 6.92 Å². The fourth-order valence-corrected chi connectivity index (χ4v) is 3.45. The quantitative estimate of drug-likeness (QED) is 0.732. The molecule has 6 nitrogen and oxygen atoms in total. The lowest BCUT2D eigenvalue weighted by Gasteiger charge is -2.09. The summed E-state index contributed by atoms with van der Waals surface area (Å²) in [5.74, 6) is -1.04. The van der Waals surface area contributed by atoms with Gasteiger partial charge < -0.3 is 15.4 Å². The average Bonchev–Trinajstić information content (AvgIpc) is 3.42. The smallest absolute Gasteiger partial charge is 0.342 e. The molecule has 1 aromatic carbocycles. The number of hydrogen-bond acceptors (Lipinski definition) is 5. The largest absolute Gasteiger partial charge is 0.452 e. The van der Waals surface area contributed by atoms with Gasteiger partial charge in [-0.2, -0.15) is 0 Å². The van der Waals surface area contributed by atoms with Gasteiger partial charge in [-0.15, -0.1) is 11.3 Å². The molecule has 2 N–H and O–H groups in total. The van der Waals surface area contributed by atoms with Crippen LogP contribution < -0.4 is 10.6 Å². The first-order valence-corrected chi connectivity index (χ1v) is 9.39. The summed E-state index contributed by atoms with van der Waals surface area (Å²) >= 11 is 1.28. The first-order chi connectivity index (χ1) is 12.6. The van der Waals surface area contributed by atoms with Gasteiger partial charge in [-0.05, 0) is 25.3 Å². The highest BCUT2D eigenvalue weighted by Crippen LogP contribution is 2.38. The van der Waals surface area contributed by atoms with Crippen LogP contribution in [-0.2, 0) is 14.3 Å². The molecule has 3 rings (SSSR count). The SMILES string of the molecule is CCNC(=O)COC(=O)c1c(-c2ccccc2)csc1NC(=O)C1CC1. The fraction of sp³-hybridized carbons (Fsp3) is 0.316. The Hall–Kier alpha value is -2.67. The number of amides is 2. The van der Waals surface area contributed by atoms with Crippen LogP contribution in [0.3, 0.4) is 0 Å². The van der Waals surface area contributed by atoms with Crippen molar-refractivity contribution >= 4 is 34.1 Å². The van der Waals surface area contributed by atoms with Crippen LogP contribution in [0.2, 0.25) is 0 Å². The van der Waals surface area contributed by atoms with Crippen LogP contribution in [0.1, 0.15) is 30.1 Å². The van der Waals surface area contributed by atoms with Gasteiger partial charge in [-0.3, -0.25) is 9.59 Å². The van der Waals surface area contributed by atoms with Gasteiger partial charge in [0.05, 0.1) is 0 Å². The van der Waals surface area contributed by atoms with E-state index in [9.17, 15) is 14.4 Å². The van der Waals surface area contributed by atoms with Gasteiger partial charge in [0, 0.05) is 23.4 Å². The van der Waals surface area contributed by atoms with Gasteiger partial charge in [0.1, 0.15) is 10.6 Å². The molecule has 1 saturated carbocycles. The number of thiophene rings is 1. The van der Waals surface area contributed by atoms with E-state index in [1.165, 1.54) is 11.3 Å². The molecule has 0 bridgehead atoms. The summed E-state index contributed by atoms with van der Waals surface area (Å²) in [6.07, 6.45) is 1.75. The standard InChI is InChI=1S/C19H20N2O4S/c1-2-20-15(22)10-25-19(24)16-14(12-6-4-3-5-7-12)11-26-18(16)21-17(23)13-8-9-13/h3-7,11,13H,2,8-10H2,1H3,(H,20,22)(H,21,23). The molecule has 26 heavy (non-hydrogen) atoms. The Kier molecular flexibility index (Phi) is 5.68. The summed E-state index contributed by atoms with van der Waals surface area (Å²) in [5.41, 5.74) is 1.82. The zero-order valence-electron chi connectivity index (χ0n) is 14.4. The van der Waals surface area contributed by atoms with Crippen LogP contribution in [0, 0.1) is 5.92 Å². The molecule has 0 spiro atoms. The predicted molar refractivity (Wildman–Crippen MR) is 100 cm³/mol. The van der Waals surface area contributed by atoms with E-state index in [2.05, 4.69) is 10.6 Å². The highest BCUT2D eigenvalue weighted by atomic mass is 32.1. The number of carbonyl (C=O) groups excluding carboxylic acids is 3. The minimum absolute atomic E-state index is 0.0245. The number of esters is 1. The van der Waals surface area contributed by atoms with Crippen LogP contribution >= 0.6 is 11.3 Å². The topological polar surface area (TPSA) is 84.5 Å². The van der Waals surface area contributed by atoms with Gasteiger partial charge in [0.15, 0.2) is 6.61 Å². The van der Waals surface area contributed by atoms with Gasteiger partial charge >= 0.3 is 5.97 Å². The Morgan fingerprint density at radius 2 is 1.92 bits per heavy atom. The number of benzene rings is 1. The summed E-state index contributed by atoms with van der Waals surface area (Å²) in [6, 6.07) is 9.40. The van der Waals surface area contributed by atoms with E-state index in [-0.39, 0.29) is 24.3 Å². The van der Waals surface area contributed by atoms with E-state index >= 15 is 0 Å². The van der Waals surface area contributed by atoms with E-state index < -0.39 is 5.97 Å². The summed E-state index contributed by atoms with van der Waals surface area (Å²) in [7, 11) is 0. The third-order valence-electron chi connectivity index (χ3n) is 3.97. The van der Waals surface area contributed by atoms with Crippen molar-refractivity contribution in [2.75, 3.05) is 18.5 Å². The van der Waals surface area contributed by atoms with Crippen molar-refractivity contribution in [1.82, 2.24) is 5.32 Å². The number of likely N-dealkylation sites (N-methyl/N-ethyl adjacent to an activating group) is 1. The van der Waals surface area contributed by atoms with Gasteiger partial charge in [0.25, 0.3) is 5.91 Å². The van der Waals surface area contributed by atoms with E-state index in [0.29, 0.717) is 22.7 Å². The number of rotatable bonds is 7. The molecule has 7 heteroatoms. The van der Waals surface area contributed by atoms with Crippen LogP contribution in [0.15, 0.2) is 35.7 Å². The van der Waals surface area contributed by atoms with Crippen molar-refractivity contribution < 1.29 is 19.1 Å². The molecule has 1 aliphatic rings. The molecule has 1 heterocycles. The summed E-state index contributed by atoms with van der Waals surface area (Å²) < 4.78 is 5.17. The molecular formula is C19H20N2O4S. The number of carbonyl (C=O) groups is 3. The summed E-state index contributed by atoms with van der Waals surface area (Å²) in [5, 5.41) is 7.69. The Balaban J connectivity index is 1.85. The lowest BCUT2D eigenvalue weighted by Crippen LogP contribution is -2.28. The number of hydrogen-bond donors (Lipinski definition) is 2. The zero-order valence-corrected chi connectivity index (χ0v) is 15.2. The highest BCUT2D eigenvalue weighted by Gasteiger charge is 2.31. The molecule has 1 aliphatic carbocycles. The van der Waals surface area contributed by atoms with Crippen LogP contribution in [0.4, 0.5) is 5.00 Å². The second-order valence-corrected chi connectivity index (χ2v) is 6.89. The molecule has 0 saturated heterocycles. The van der Waals surface area contributed by atoms with E-state index in [0.717, 1.165) is 18.4 Å². The molecule has 0 radical (unpaired) electrons. The lowest BCUT2D eigenvalue weighted by molar-refractivity contribution is -0.124. The Morgan fingerprint density at radius 3 is 2.58 bits per heavy atom. The van der Waals surface area contributed by atoms with Crippen molar-refractivity contribution in [1.29, 1.82) is 0 Å². The van der Waals surface area contributed by atoms with Gasteiger partial charge in [-0.1, -0.05) is 30.3 Å². The molecular weight excluding hydrogens is 352 g/mol. The molecule has 1 aromatic heterocycles. The number of nitrogens with one attached hydrogen (secondary N) is 2. The monoisotopic (exact) mass is 372 g/mol. The Bertz CT molecular complexity index is 812.